The van der Waals surface area contributed by atoms with Gasteiger partial charge in [0.05, 0.1) is 19.8 Å². The molecule has 0 aliphatic carbocycles. The van der Waals surface area contributed by atoms with Gasteiger partial charge >= 0.3 is 0 Å². The second kappa shape index (κ2) is 7.25. The van der Waals surface area contributed by atoms with Crippen LogP contribution in [0.4, 0.5) is 0 Å². The van der Waals surface area contributed by atoms with E-state index in [1.165, 1.54) is 12.0 Å². The fourth-order valence-electron chi connectivity index (χ4n) is 3.19. The van der Waals surface area contributed by atoms with Crippen LogP contribution in [-0.2, 0) is 4.74 Å². The molecule has 0 bridgehead atoms. The SMILES string of the molecule is CC1COc2ccccc2C1NCCCN1CCOCC1. The molecule has 0 aromatic heterocycles. The van der Waals surface area contributed by atoms with Gasteiger partial charge in [-0.3, -0.25) is 4.90 Å². The third-order valence-electron chi connectivity index (χ3n) is 4.44. The largest absolute Gasteiger partial charge is 0.493 e. The lowest BCUT2D eigenvalue weighted by molar-refractivity contribution is 0.0372. The van der Waals surface area contributed by atoms with Gasteiger partial charge in [0, 0.05) is 30.6 Å². The molecule has 116 valence electrons. The summed E-state index contributed by atoms with van der Waals surface area (Å²) in [6, 6.07) is 8.82. The summed E-state index contributed by atoms with van der Waals surface area (Å²) in [5.74, 6) is 1.56. The van der Waals surface area contributed by atoms with E-state index in [4.69, 9.17) is 9.47 Å². The van der Waals surface area contributed by atoms with Crippen molar-refractivity contribution in [2.75, 3.05) is 46.0 Å². The summed E-state index contributed by atoms with van der Waals surface area (Å²) in [5.41, 5.74) is 1.31. The first-order valence-corrected chi connectivity index (χ1v) is 8.10. The van der Waals surface area contributed by atoms with Gasteiger partial charge in [0.2, 0.25) is 0 Å². The van der Waals surface area contributed by atoms with E-state index in [-0.39, 0.29) is 0 Å². The van der Waals surface area contributed by atoms with Crippen molar-refractivity contribution in [1.82, 2.24) is 10.2 Å². The minimum atomic E-state index is 0.416. The molecule has 4 heteroatoms. The average molecular weight is 290 g/mol. The summed E-state index contributed by atoms with van der Waals surface area (Å²) in [5, 5.41) is 3.73. The van der Waals surface area contributed by atoms with Gasteiger partial charge in [-0.15, -0.1) is 0 Å². The van der Waals surface area contributed by atoms with Gasteiger partial charge in [-0.25, -0.2) is 0 Å². The third kappa shape index (κ3) is 3.76. The van der Waals surface area contributed by atoms with Gasteiger partial charge in [-0.1, -0.05) is 25.1 Å². The Hall–Kier alpha value is -1.10. The van der Waals surface area contributed by atoms with Gasteiger partial charge in [0.15, 0.2) is 0 Å². The van der Waals surface area contributed by atoms with Crippen LogP contribution >= 0.6 is 0 Å². The Morgan fingerprint density at radius 3 is 2.90 bits per heavy atom. The van der Waals surface area contributed by atoms with Crippen molar-refractivity contribution in [3.05, 3.63) is 29.8 Å². The molecule has 1 saturated heterocycles. The van der Waals surface area contributed by atoms with Crippen LogP contribution in [0.2, 0.25) is 0 Å². The molecule has 1 N–H and O–H groups in total. The van der Waals surface area contributed by atoms with E-state index < -0.39 is 0 Å². The predicted octanol–water partition coefficient (Wildman–Crippen LogP) is 2.07. The highest BCUT2D eigenvalue weighted by Crippen LogP contribution is 2.34. The molecule has 4 nitrogen and oxygen atoms in total. The Morgan fingerprint density at radius 2 is 2.05 bits per heavy atom. The number of nitrogens with zero attached hydrogens (tertiary/aromatic N) is 1. The van der Waals surface area contributed by atoms with Crippen LogP contribution < -0.4 is 10.1 Å². The van der Waals surface area contributed by atoms with Gasteiger partial charge < -0.3 is 14.8 Å². The minimum absolute atomic E-state index is 0.416. The maximum absolute atomic E-state index is 5.81. The molecule has 2 aliphatic heterocycles. The quantitative estimate of drug-likeness (QED) is 0.842. The van der Waals surface area contributed by atoms with E-state index in [9.17, 15) is 0 Å². The first-order chi connectivity index (χ1) is 10.3. The molecule has 2 heterocycles. The van der Waals surface area contributed by atoms with E-state index in [2.05, 4.69) is 35.3 Å². The predicted molar refractivity (Wildman–Crippen MR) is 83.7 cm³/mol. The zero-order valence-electron chi connectivity index (χ0n) is 12.9. The number of fused-ring (bicyclic) bond motifs is 1. The summed E-state index contributed by atoms with van der Waals surface area (Å²) < 4.78 is 11.2. The summed E-state index contributed by atoms with van der Waals surface area (Å²) in [7, 11) is 0. The Balaban J connectivity index is 1.48. The maximum atomic E-state index is 5.81. The van der Waals surface area contributed by atoms with E-state index in [0.717, 1.165) is 51.7 Å². The molecule has 21 heavy (non-hydrogen) atoms. The Morgan fingerprint density at radius 1 is 1.24 bits per heavy atom. The molecule has 2 aliphatic rings. The standard InChI is InChI=1S/C17H26N2O2/c1-14-13-21-16-6-3-2-5-15(16)17(14)18-7-4-8-19-9-11-20-12-10-19/h2-3,5-6,14,17-18H,4,7-13H2,1H3. The molecule has 1 aromatic rings. The monoisotopic (exact) mass is 290 g/mol. The molecule has 1 fully saturated rings. The normalized spacial score (nSPS) is 26.1. The molecule has 0 spiro atoms. The lowest BCUT2D eigenvalue weighted by Crippen LogP contribution is -2.39. The van der Waals surface area contributed by atoms with E-state index in [0.29, 0.717) is 12.0 Å². The Kier molecular flexibility index (Phi) is 5.12. The third-order valence-corrected chi connectivity index (χ3v) is 4.44. The fourth-order valence-corrected chi connectivity index (χ4v) is 3.19. The molecular weight excluding hydrogens is 264 g/mol. The molecule has 0 saturated carbocycles. The summed E-state index contributed by atoms with van der Waals surface area (Å²) >= 11 is 0. The molecule has 2 unspecified atom stereocenters. The number of rotatable bonds is 5. The van der Waals surface area contributed by atoms with Crippen molar-refractivity contribution in [3.63, 3.8) is 0 Å². The molecule has 1 aromatic carbocycles. The molecule has 3 rings (SSSR count). The van der Waals surface area contributed by atoms with Crippen molar-refractivity contribution in [3.8, 4) is 5.75 Å². The van der Waals surface area contributed by atoms with Gasteiger partial charge in [0.1, 0.15) is 5.75 Å². The fraction of sp³-hybridized carbons (Fsp3) is 0.647. The number of hydrogen-bond acceptors (Lipinski definition) is 4. The molecule has 2 atom stereocenters. The molecular formula is C17H26N2O2. The highest BCUT2D eigenvalue weighted by atomic mass is 16.5. The van der Waals surface area contributed by atoms with E-state index in [1.807, 2.05) is 6.07 Å². The van der Waals surface area contributed by atoms with Gasteiger partial charge in [-0.2, -0.15) is 0 Å². The average Bonchev–Trinajstić information content (AvgIpc) is 2.54. The number of para-hydroxylation sites is 1. The molecule has 0 radical (unpaired) electrons. The van der Waals surface area contributed by atoms with Gasteiger partial charge in [-0.05, 0) is 25.6 Å². The minimum Gasteiger partial charge on any atom is -0.493 e. The van der Waals surface area contributed by atoms with E-state index in [1.54, 1.807) is 0 Å². The van der Waals surface area contributed by atoms with Crippen LogP contribution in [0.25, 0.3) is 0 Å². The smallest absolute Gasteiger partial charge is 0.124 e. The van der Waals surface area contributed by atoms with Gasteiger partial charge in [0.25, 0.3) is 0 Å². The number of nitrogens with one attached hydrogen (secondary N) is 1. The summed E-state index contributed by atoms with van der Waals surface area (Å²) in [4.78, 5) is 2.49. The zero-order chi connectivity index (χ0) is 14.5. The van der Waals surface area contributed by atoms with Crippen LogP contribution in [-0.4, -0.2) is 50.9 Å². The summed E-state index contributed by atoms with van der Waals surface area (Å²) in [6.45, 7) is 9.21. The summed E-state index contributed by atoms with van der Waals surface area (Å²) in [6.07, 6.45) is 1.19. The zero-order valence-corrected chi connectivity index (χ0v) is 12.9. The van der Waals surface area contributed by atoms with Crippen molar-refractivity contribution in [2.24, 2.45) is 5.92 Å². The first kappa shape index (κ1) is 14.8. The Bertz CT molecular complexity index is 446. The first-order valence-electron chi connectivity index (χ1n) is 8.10. The number of ether oxygens (including phenoxy) is 2. The van der Waals surface area contributed by atoms with E-state index >= 15 is 0 Å². The van der Waals surface area contributed by atoms with Crippen LogP contribution in [0, 0.1) is 5.92 Å². The number of morpholine rings is 1. The second-order valence-corrected chi connectivity index (χ2v) is 6.07. The highest BCUT2D eigenvalue weighted by molar-refractivity contribution is 5.37. The lowest BCUT2D eigenvalue weighted by atomic mass is 9.92. The van der Waals surface area contributed by atoms with Crippen molar-refractivity contribution >= 4 is 0 Å². The lowest BCUT2D eigenvalue weighted by Gasteiger charge is -2.32. The highest BCUT2D eigenvalue weighted by Gasteiger charge is 2.26. The van der Waals surface area contributed by atoms with Crippen LogP contribution in [0.1, 0.15) is 24.9 Å². The number of benzene rings is 1. The van der Waals surface area contributed by atoms with Crippen LogP contribution in [0.15, 0.2) is 24.3 Å². The topological polar surface area (TPSA) is 33.7 Å². The van der Waals surface area contributed by atoms with Crippen LogP contribution in [0.3, 0.4) is 0 Å². The molecule has 0 amide bonds. The van der Waals surface area contributed by atoms with Crippen molar-refractivity contribution in [1.29, 1.82) is 0 Å². The van der Waals surface area contributed by atoms with Crippen molar-refractivity contribution in [2.45, 2.75) is 19.4 Å². The van der Waals surface area contributed by atoms with Crippen molar-refractivity contribution < 1.29 is 9.47 Å². The van der Waals surface area contributed by atoms with Crippen LogP contribution in [0.5, 0.6) is 5.75 Å². The number of hydrogen-bond donors (Lipinski definition) is 1. The second-order valence-electron chi connectivity index (χ2n) is 6.07. The maximum Gasteiger partial charge on any atom is 0.124 e. The Labute approximate surface area is 127 Å².